The van der Waals surface area contributed by atoms with Crippen LogP contribution >= 0.6 is 11.3 Å². The SMILES string of the molecule is COCOc1ccc(C=Cc2nc3cc(C)c(N(C)C)cc3s2)cc1OC. The van der Waals surface area contributed by atoms with Crippen molar-refractivity contribution >= 4 is 39.4 Å². The highest BCUT2D eigenvalue weighted by Gasteiger charge is 2.08. The second kappa shape index (κ2) is 8.41. The topological polar surface area (TPSA) is 43.8 Å². The van der Waals surface area contributed by atoms with Crippen LogP contribution in [0.5, 0.6) is 11.5 Å². The number of aryl methyl sites for hydroxylation is 1. The maximum atomic E-state index is 5.49. The van der Waals surface area contributed by atoms with Crippen molar-refractivity contribution in [3.8, 4) is 11.5 Å². The zero-order valence-corrected chi connectivity index (χ0v) is 17.1. The van der Waals surface area contributed by atoms with Crippen molar-refractivity contribution in [3.05, 3.63) is 46.5 Å². The molecule has 0 aliphatic carbocycles. The van der Waals surface area contributed by atoms with E-state index in [0.717, 1.165) is 16.1 Å². The Morgan fingerprint density at radius 3 is 2.59 bits per heavy atom. The predicted molar refractivity (Wildman–Crippen MR) is 113 cm³/mol. The molecule has 0 amide bonds. The Balaban J connectivity index is 1.85. The van der Waals surface area contributed by atoms with Crippen LogP contribution < -0.4 is 14.4 Å². The number of hydrogen-bond donors (Lipinski definition) is 0. The molecule has 27 heavy (non-hydrogen) atoms. The Labute approximate surface area is 163 Å². The summed E-state index contributed by atoms with van der Waals surface area (Å²) in [6, 6.07) is 10.1. The lowest BCUT2D eigenvalue weighted by Crippen LogP contribution is -2.09. The fourth-order valence-electron chi connectivity index (χ4n) is 2.84. The first-order valence-electron chi connectivity index (χ1n) is 8.58. The van der Waals surface area contributed by atoms with E-state index in [0.29, 0.717) is 11.5 Å². The smallest absolute Gasteiger partial charge is 0.188 e. The quantitative estimate of drug-likeness (QED) is 0.546. The fraction of sp³-hybridized carbons (Fsp3) is 0.286. The third kappa shape index (κ3) is 4.40. The zero-order chi connectivity index (χ0) is 19.4. The van der Waals surface area contributed by atoms with Gasteiger partial charge in [-0.25, -0.2) is 4.98 Å². The number of fused-ring (bicyclic) bond motifs is 1. The average Bonchev–Trinajstić information content (AvgIpc) is 3.05. The molecule has 0 atom stereocenters. The van der Waals surface area contributed by atoms with Gasteiger partial charge in [0.25, 0.3) is 0 Å². The van der Waals surface area contributed by atoms with E-state index in [-0.39, 0.29) is 6.79 Å². The average molecular weight is 385 g/mol. The van der Waals surface area contributed by atoms with Gasteiger partial charge in [-0.2, -0.15) is 0 Å². The Hall–Kier alpha value is -2.57. The molecule has 3 aromatic rings. The largest absolute Gasteiger partial charge is 0.493 e. The summed E-state index contributed by atoms with van der Waals surface area (Å²) in [5.41, 5.74) is 4.49. The molecule has 2 aromatic carbocycles. The number of ether oxygens (including phenoxy) is 3. The van der Waals surface area contributed by atoms with E-state index in [1.807, 2.05) is 30.4 Å². The highest BCUT2D eigenvalue weighted by atomic mass is 32.1. The summed E-state index contributed by atoms with van der Waals surface area (Å²) in [6.45, 7) is 2.30. The van der Waals surface area contributed by atoms with Crippen molar-refractivity contribution in [2.24, 2.45) is 0 Å². The summed E-state index contributed by atoms with van der Waals surface area (Å²) >= 11 is 1.68. The second-order valence-corrected chi connectivity index (χ2v) is 7.41. The number of anilines is 1. The highest BCUT2D eigenvalue weighted by Crippen LogP contribution is 2.31. The van der Waals surface area contributed by atoms with Gasteiger partial charge in [-0.15, -0.1) is 11.3 Å². The summed E-state index contributed by atoms with van der Waals surface area (Å²) in [6.07, 6.45) is 4.06. The van der Waals surface area contributed by atoms with Crippen LogP contribution in [-0.2, 0) is 4.74 Å². The molecule has 0 fully saturated rings. The van der Waals surface area contributed by atoms with Gasteiger partial charge < -0.3 is 19.1 Å². The lowest BCUT2D eigenvalue weighted by atomic mass is 10.2. The van der Waals surface area contributed by atoms with Crippen molar-refractivity contribution in [1.82, 2.24) is 4.98 Å². The Morgan fingerprint density at radius 1 is 1.07 bits per heavy atom. The minimum Gasteiger partial charge on any atom is -0.493 e. The molecular formula is C21H24N2O3S. The third-order valence-corrected chi connectivity index (χ3v) is 5.13. The third-order valence-electron chi connectivity index (χ3n) is 4.14. The number of thiazole rings is 1. The first-order valence-corrected chi connectivity index (χ1v) is 9.40. The Morgan fingerprint density at radius 2 is 1.89 bits per heavy atom. The van der Waals surface area contributed by atoms with E-state index in [1.54, 1.807) is 25.6 Å². The van der Waals surface area contributed by atoms with E-state index >= 15 is 0 Å². The van der Waals surface area contributed by atoms with Gasteiger partial charge in [-0.1, -0.05) is 12.1 Å². The number of benzene rings is 2. The number of rotatable bonds is 7. The molecule has 0 radical (unpaired) electrons. The first-order chi connectivity index (χ1) is 13.0. The van der Waals surface area contributed by atoms with Gasteiger partial charge in [0, 0.05) is 26.9 Å². The number of aromatic nitrogens is 1. The van der Waals surface area contributed by atoms with Crippen LogP contribution in [0.3, 0.4) is 0 Å². The predicted octanol–water partition coefficient (Wildman–Crippen LogP) is 4.83. The molecule has 0 aliphatic rings. The number of nitrogens with zero attached hydrogens (tertiary/aromatic N) is 2. The second-order valence-electron chi connectivity index (χ2n) is 6.35. The molecule has 142 valence electrons. The lowest BCUT2D eigenvalue weighted by molar-refractivity contribution is 0.0491. The molecule has 6 heteroatoms. The van der Waals surface area contributed by atoms with Crippen molar-refractivity contribution in [2.45, 2.75) is 6.92 Å². The monoisotopic (exact) mass is 384 g/mol. The summed E-state index contributed by atoms with van der Waals surface area (Å²) in [5.74, 6) is 1.33. The Kier molecular flexibility index (Phi) is 5.98. The molecule has 3 rings (SSSR count). The minimum absolute atomic E-state index is 0.186. The summed E-state index contributed by atoms with van der Waals surface area (Å²) in [4.78, 5) is 6.86. The van der Waals surface area contributed by atoms with E-state index in [4.69, 9.17) is 19.2 Å². The molecule has 1 aromatic heterocycles. The van der Waals surface area contributed by atoms with Crippen LogP contribution in [0.2, 0.25) is 0 Å². The maximum absolute atomic E-state index is 5.49. The molecule has 5 nitrogen and oxygen atoms in total. The highest BCUT2D eigenvalue weighted by molar-refractivity contribution is 7.19. The molecule has 0 spiro atoms. The van der Waals surface area contributed by atoms with Crippen molar-refractivity contribution in [1.29, 1.82) is 0 Å². The van der Waals surface area contributed by atoms with E-state index in [9.17, 15) is 0 Å². The zero-order valence-electron chi connectivity index (χ0n) is 16.3. The van der Waals surface area contributed by atoms with E-state index < -0.39 is 0 Å². The first kappa shape index (κ1) is 19.2. The number of hydrogen-bond acceptors (Lipinski definition) is 6. The molecule has 0 bridgehead atoms. The van der Waals surface area contributed by atoms with Crippen molar-refractivity contribution < 1.29 is 14.2 Å². The molecule has 0 unspecified atom stereocenters. The summed E-state index contributed by atoms with van der Waals surface area (Å²) in [7, 11) is 7.33. The van der Waals surface area contributed by atoms with Crippen molar-refractivity contribution in [2.75, 3.05) is 40.0 Å². The van der Waals surface area contributed by atoms with Gasteiger partial charge in [0.2, 0.25) is 0 Å². The normalized spacial score (nSPS) is 11.3. The standard InChI is InChI=1S/C21H24N2O3S/c1-14-10-16-20(12-17(14)23(2)3)27-21(22-16)9-7-15-6-8-18(26-13-24-4)19(11-15)25-5/h6-12H,13H2,1-5H3. The van der Waals surface area contributed by atoms with Gasteiger partial charge in [-0.05, 0) is 48.4 Å². The molecule has 0 aliphatic heterocycles. The molecule has 0 saturated heterocycles. The molecule has 0 saturated carbocycles. The Bertz CT molecular complexity index is 963. The van der Waals surface area contributed by atoms with Gasteiger partial charge in [0.05, 0.1) is 17.3 Å². The van der Waals surface area contributed by atoms with Crippen molar-refractivity contribution in [3.63, 3.8) is 0 Å². The lowest BCUT2D eigenvalue weighted by Gasteiger charge is -2.15. The molecule has 1 heterocycles. The van der Waals surface area contributed by atoms with Gasteiger partial charge >= 0.3 is 0 Å². The van der Waals surface area contributed by atoms with Crippen LogP contribution in [0.4, 0.5) is 5.69 Å². The molecular weight excluding hydrogens is 360 g/mol. The van der Waals surface area contributed by atoms with Crippen LogP contribution in [0, 0.1) is 6.92 Å². The fourth-order valence-corrected chi connectivity index (χ4v) is 3.72. The summed E-state index contributed by atoms with van der Waals surface area (Å²) in [5, 5.41) is 0.971. The molecule has 0 N–H and O–H groups in total. The minimum atomic E-state index is 0.186. The number of methoxy groups -OCH3 is 2. The van der Waals surface area contributed by atoms with Gasteiger partial charge in [0.15, 0.2) is 18.3 Å². The maximum Gasteiger partial charge on any atom is 0.188 e. The van der Waals surface area contributed by atoms with E-state index in [1.165, 1.54) is 16.0 Å². The van der Waals surface area contributed by atoms with Gasteiger partial charge in [0.1, 0.15) is 5.01 Å². The van der Waals surface area contributed by atoms with Crippen LogP contribution in [0.1, 0.15) is 16.1 Å². The van der Waals surface area contributed by atoms with Crippen LogP contribution in [-0.4, -0.2) is 40.1 Å². The van der Waals surface area contributed by atoms with Crippen LogP contribution in [0.25, 0.3) is 22.4 Å². The van der Waals surface area contributed by atoms with Gasteiger partial charge in [-0.3, -0.25) is 0 Å². The summed E-state index contributed by atoms with van der Waals surface area (Å²) < 4.78 is 17.0. The van der Waals surface area contributed by atoms with E-state index in [2.05, 4.69) is 38.1 Å². The van der Waals surface area contributed by atoms with Crippen LogP contribution in [0.15, 0.2) is 30.3 Å².